The number of rotatable bonds is 6. The van der Waals surface area contributed by atoms with Crippen LogP contribution in [0.3, 0.4) is 0 Å². The summed E-state index contributed by atoms with van der Waals surface area (Å²) in [5.74, 6) is -0.294. The number of esters is 1. The predicted molar refractivity (Wildman–Crippen MR) is 89.7 cm³/mol. The fraction of sp³-hybridized carbons (Fsp3) is 0.533. The Morgan fingerprint density at radius 1 is 1.16 bits per heavy atom. The Kier molecular flexibility index (Phi) is 6.23. The molecule has 0 atom stereocenters. The number of nitro groups is 2. The summed E-state index contributed by atoms with van der Waals surface area (Å²) in [7, 11) is 0. The van der Waals surface area contributed by atoms with Gasteiger partial charge in [-0.25, -0.2) is 0 Å². The number of carbonyl (C=O) groups excluding carboxylic acids is 1. The molecule has 0 radical (unpaired) electrons. The molecule has 1 heterocycles. The third-order valence-corrected chi connectivity index (χ3v) is 3.95. The molecule has 0 aliphatic carbocycles. The largest absolute Gasteiger partial charge is 0.465 e. The van der Waals surface area contributed by atoms with Crippen LogP contribution < -0.4 is 4.90 Å². The summed E-state index contributed by atoms with van der Waals surface area (Å²) in [6, 6.07) is 3.66. The monoisotopic (exact) mass is 352 g/mol. The summed E-state index contributed by atoms with van der Waals surface area (Å²) in [6.07, 6.45) is 0.716. The van der Waals surface area contributed by atoms with Gasteiger partial charge in [0.05, 0.1) is 29.1 Å². The van der Waals surface area contributed by atoms with Gasteiger partial charge in [-0.1, -0.05) is 0 Å². The van der Waals surface area contributed by atoms with Crippen LogP contribution in [0.4, 0.5) is 17.1 Å². The number of anilines is 1. The molecule has 0 aromatic heterocycles. The van der Waals surface area contributed by atoms with Gasteiger partial charge in [0.1, 0.15) is 5.69 Å². The van der Waals surface area contributed by atoms with E-state index in [4.69, 9.17) is 4.74 Å². The number of carbonyl (C=O) groups is 1. The van der Waals surface area contributed by atoms with E-state index < -0.39 is 9.85 Å². The van der Waals surface area contributed by atoms with E-state index in [0.29, 0.717) is 44.9 Å². The van der Waals surface area contributed by atoms with Crippen molar-refractivity contribution in [3.63, 3.8) is 0 Å². The van der Waals surface area contributed by atoms with E-state index in [1.165, 1.54) is 12.1 Å². The Balaban J connectivity index is 2.13. The lowest BCUT2D eigenvalue weighted by Gasteiger charge is -2.23. The van der Waals surface area contributed by atoms with E-state index in [2.05, 4.69) is 0 Å². The minimum absolute atomic E-state index is 0.185. The first-order valence-electron chi connectivity index (χ1n) is 7.98. The van der Waals surface area contributed by atoms with Crippen molar-refractivity contribution in [2.75, 3.05) is 44.2 Å². The molecule has 2 rings (SSSR count). The zero-order chi connectivity index (χ0) is 18.4. The van der Waals surface area contributed by atoms with Crippen LogP contribution in [0.2, 0.25) is 0 Å². The first-order valence-corrected chi connectivity index (χ1v) is 7.98. The lowest BCUT2D eigenvalue weighted by atomic mass is 10.2. The first-order chi connectivity index (χ1) is 11.9. The Morgan fingerprint density at radius 2 is 1.92 bits per heavy atom. The number of ether oxygens (including phenoxy) is 1. The van der Waals surface area contributed by atoms with Crippen molar-refractivity contribution in [1.29, 1.82) is 0 Å². The molecule has 0 bridgehead atoms. The third-order valence-electron chi connectivity index (χ3n) is 3.95. The number of benzene rings is 1. The van der Waals surface area contributed by atoms with Crippen LogP contribution in [-0.2, 0) is 9.53 Å². The van der Waals surface area contributed by atoms with E-state index in [1.54, 1.807) is 6.92 Å². The van der Waals surface area contributed by atoms with Gasteiger partial charge in [0.15, 0.2) is 0 Å². The van der Waals surface area contributed by atoms with E-state index in [1.807, 2.05) is 9.80 Å². The van der Waals surface area contributed by atoms with E-state index in [-0.39, 0.29) is 23.9 Å². The van der Waals surface area contributed by atoms with E-state index >= 15 is 0 Å². The number of nitro benzene ring substituents is 2. The number of non-ortho nitro benzene ring substituents is 1. The Bertz CT molecular complexity index is 665. The second-order valence-electron chi connectivity index (χ2n) is 5.61. The zero-order valence-electron chi connectivity index (χ0n) is 13.9. The molecule has 25 heavy (non-hydrogen) atoms. The van der Waals surface area contributed by atoms with Gasteiger partial charge in [-0.3, -0.25) is 29.9 Å². The highest BCUT2D eigenvalue weighted by Crippen LogP contribution is 2.32. The minimum Gasteiger partial charge on any atom is -0.465 e. The summed E-state index contributed by atoms with van der Waals surface area (Å²) in [5.41, 5.74) is -0.240. The highest BCUT2D eigenvalue weighted by atomic mass is 16.6. The van der Waals surface area contributed by atoms with Crippen molar-refractivity contribution in [3.8, 4) is 0 Å². The van der Waals surface area contributed by atoms with Crippen molar-refractivity contribution in [1.82, 2.24) is 4.90 Å². The van der Waals surface area contributed by atoms with Crippen LogP contribution in [0.15, 0.2) is 18.2 Å². The average Bonchev–Trinajstić information content (AvgIpc) is 2.80. The molecule has 10 nitrogen and oxygen atoms in total. The van der Waals surface area contributed by atoms with Gasteiger partial charge in [0.2, 0.25) is 0 Å². The maximum Gasteiger partial charge on any atom is 0.320 e. The smallest absolute Gasteiger partial charge is 0.320 e. The number of hydrogen-bond acceptors (Lipinski definition) is 8. The van der Waals surface area contributed by atoms with Gasteiger partial charge in [-0.05, 0) is 19.4 Å². The van der Waals surface area contributed by atoms with Gasteiger partial charge in [-0.2, -0.15) is 0 Å². The molecular weight excluding hydrogens is 332 g/mol. The number of nitrogens with zero attached hydrogens (tertiary/aromatic N) is 4. The molecular formula is C15H20N4O6. The summed E-state index contributed by atoms with van der Waals surface area (Å²) < 4.78 is 4.94. The van der Waals surface area contributed by atoms with Gasteiger partial charge in [0, 0.05) is 32.2 Å². The summed E-state index contributed by atoms with van der Waals surface area (Å²) in [4.78, 5) is 36.2. The minimum atomic E-state index is -0.652. The lowest BCUT2D eigenvalue weighted by Crippen LogP contribution is -2.35. The van der Waals surface area contributed by atoms with Gasteiger partial charge >= 0.3 is 5.97 Å². The molecule has 1 aromatic rings. The van der Waals surface area contributed by atoms with Crippen LogP contribution >= 0.6 is 0 Å². The maximum atomic E-state index is 11.6. The van der Waals surface area contributed by atoms with Crippen LogP contribution in [0.25, 0.3) is 0 Å². The fourth-order valence-electron chi connectivity index (χ4n) is 2.80. The van der Waals surface area contributed by atoms with Crippen molar-refractivity contribution < 1.29 is 19.4 Å². The second kappa shape index (κ2) is 8.38. The maximum absolute atomic E-state index is 11.6. The molecule has 0 saturated carbocycles. The molecule has 0 spiro atoms. The summed E-state index contributed by atoms with van der Waals surface area (Å²) in [6.45, 7) is 4.53. The molecule has 136 valence electrons. The molecule has 1 saturated heterocycles. The van der Waals surface area contributed by atoms with Crippen molar-refractivity contribution >= 4 is 23.0 Å². The van der Waals surface area contributed by atoms with Gasteiger partial charge in [0.25, 0.3) is 11.4 Å². The predicted octanol–water partition coefficient (Wildman–Crippen LogP) is 1.58. The fourth-order valence-corrected chi connectivity index (χ4v) is 2.80. The SMILES string of the molecule is CCOC(=O)CN1CCCN(c2ccc([N+](=O)[O-])cc2[N+](=O)[O-])CC1. The Morgan fingerprint density at radius 3 is 2.56 bits per heavy atom. The average molecular weight is 352 g/mol. The van der Waals surface area contributed by atoms with Gasteiger partial charge in [-0.15, -0.1) is 0 Å². The molecule has 0 unspecified atom stereocenters. The molecule has 1 aliphatic heterocycles. The molecule has 1 fully saturated rings. The first kappa shape index (κ1) is 18.6. The van der Waals surface area contributed by atoms with Crippen molar-refractivity contribution in [3.05, 3.63) is 38.4 Å². The highest BCUT2D eigenvalue weighted by molar-refractivity contribution is 5.71. The van der Waals surface area contributed by atoms with Crippen LogP contribution in [0, 0.1) is 20.2 Å². The Hall–Kier alpha value is -2.75. The van der Waals surface area contributed by atoms with Crippen LogP contribution in [0.1, 0.15) is 13.3 Å². The molecule has 0 amide bonds. The molecule has 0 N–H and O–H groups in total. The second-order valence-corrected chi connectivity index (χ2v) is 5.61. The zero-order valence-corrected chi connectivity index (χ0v) is 13.9. The van der Waals surface area contributed by atoms with E-state index in [0.717, 1.165) is 6.07 Å². The lowest BCUT2D eigenvalue weighted by molar-refractivity contribution is -0.393. The van der Waals surface area contributed by atoms with E-state index in [9.17, 15) is 25.0 Å². The highest BCUT2D eigenvalue weighted by Gasteiger charge is 2.25. The topological polar surface area (TPSA) is 119 Å². The van der Waals surface area contributed by atoms with Crippen LogP contribution in [-0.4, -0.2) is 60.0 Å². The third kappa shape index (κ3) is 4.86. The standard InChI is InChI=1S/C15H20N4O6/c1-2-25-15(20)11-16-6-3-7-17(9-8-16)13-5-4-12(18(21)22)10-14(13)19(23)24/h4-5,10H,2-3,6-9,11H2,1H3. The Labute approximate surface area is 144 Å². The van der Waals surface area contributed by atoms with Crippen molar-refractivity contribution in [2.45, 2.75) is 13.3 Å². The quantitative estimate of drug-likeness (QED) is 0.430. The summed E-state index contributed by atoms with van der Waals surface area (Å²) >= 11 is 0. The molecule has 1 aromatic carbocycles. The van der Waals surface area contributed by atoms with Crippen LogP contribution in [0.5, 0.6) is 0 Å². The molecule has 10 heteroatoms. The van der Waals surface area contributed by atoms with Crippen molar-refractivity contribution in [2.24, 2.45) is 0 Å². The summed E-state index contributed by atoms with van der Waals surface area (Å²) in [5, 5.41) is 22.1. The normalized spacial score (nSPS) is 15.5. The number of hydrogen-bond donors (Lipinski definition) is 0. The van der Waals surface area contributed by atoms with Gasteiger partial charge < -0.3 is 9.64 Å². The molecule has 1 aliphatic rings.